The van der Waals surface area contributed by atoms with E-state index in [0.717, 1.165) is 77.0 Å². The number of unbranched alkanes of at least 4 members (excludes halogenated alkanes) is 15. The normalized spacial score (nSPS) is 14.4. The van der Waals surface area contributed by atoms with Crippen LogP contribution in [0, 0.1) is 0 Å². The third-order valence-electron chi connectivity index (χ3n) is 8.74. The van der Waals surface area contributed by atoms with Crippen LogP contribution in [-0.4, -0.2) is 59.9 Å². The van der Waals surface area contributed by atoms with E-state index < -0.39 is 51.1 Å². The molecule has 0 aliphatic heterocycles. The summed E-state index contributed by atoms with van der Waals surface area (Å²) in [5.41, 5.74) is 5.32. The van der Waals surface area contributed by atoms with Gasteiger partial charge in [0.2, 0.25) is 0 Å². The Balaban J connectivity index is 4.47. The van der Waals surface area contributed by atoms with Crippen molar-refractivity contribution in [3.05, 3.63) is 60.8 Å². The number of carbonyl (C=O) groups excluding carboxylic acids is 2. The third-order valence-corrected chi connectivity index (χ3v) is 9.69. The summed E-state index contributed by atoms with van der Waals surface area (Å²) in [6, 6.07) is -1.53. The number of carboxylic acid groups (broad SMARTS) is 1. The lowest BCUT2D eigenvalue weighted by Crippen LogP contribution is -2.34. The molecule has 322 valence electrons. The second kappa shape index (κ2) is 39.0. The molecule has 1 unspecified atom stereocenters. The Labute approximate surface area is 338 Å². The van der Waals surface area contributed by atoms with E-state index in [4.69, 9.17) is 24.8 Å². The minimum atomic E-state index is -4.73. The summed E-state index contributed by atoms with van der Waals surface area (Å²) in [5.74, 6) is -2.44. The molecule has 0 aromatic carbocycles. The van der Waals surface area contributed by atoms with Crippen LogP contribution in [-0.2, 0) is 37.5 Å². The fourth-order valence-electron chi connectivity index (χ4n) is 5.34. The minimum absolute atomic E-state index is 0.120. The van der Waals surface area contributed by atoms with Crippen molar-refractivity contribution in [3.63, 3.8) is 0 Å². The Hall–Kier alpha value is -2.82. The number of allylic oxidation sites excluding steroid dienone is 10. The number of hydrogen-bond donors (Lipinski definition) is 3. The monoisotopic (exact) mass is 810 g/mol. The number of ether oxygens (including phenoxy) is 2. The Kier molecular flexibility index (Phi) is 37.1. The summed E-state index contributed by atoms with van der Waals surface area (Å²) in [4.78, 5) is 45.9. The van der Waals surface area contributed by atoms with Crippen molar-refractivity contribution in [1.29, 1.82) is 0 Å². The van der Waals surface area contributed by atoms with Crippen LogP contribution in [0.1, 0.15) is 168 Å². The van der Waals surface area contributed by atoms with Crippen LogP contribution in [0.3, 0.4) is 0 Å². The quantitative estimate of drug-likeness (QED) is 0.0233. The average Bonchev–Trinajstić information content (AvgIpc) is 3.17. The van der Waals surface area contributed by atoms with Crippen molar-refractivity contribution in [2.45, 2.75) is 180 Å². The fourth-order valence-corrected chi connectivity index (χ4v) is 6.11. The van der Waals surface area contributed by atoms with Gasteiger partial charge in [0.05, 0.1) is 13.2 Å². The van der Waals surface area contributed by atoms with Crippen molar-refractivity contribution in [2.24, 2.45) is 5.73 Å². The summed E-state index contributed by atoms with van der Waals surface area (Å²) >= 11 is 0. The highest BCUT2D eigenvalue weighted by atomic mass is 31.2. The molecular formula is C44H76NO10P. The van der Waals surface area contributed by atoms with E-state index in [2.05, 4.69) is 79.1 Å². The van der Waals surface area contributed by atoms with E-state index in [1.165, 1.54) is 51.4 Å². The van der Waals surface area contributed by atoms with Gasteiger partial charge < -0.3 is 25.2 Å². The van der Waals surface area contributed by atoms with Crippen LogP contribution in [0.2, 0.25) is 0 Å². The smallest absolute Gasteiger partial charge is 0.472 e. The van der Waals surface area contributed by atoms with Gasteiger partial charge in [0.15, 0.2) is 6.10 Å². The van der Waals surface area contributed by atoms with Gasteiger partial charge in [-0.05, 0) is 83.5 Å². The highest BCUT2D eigenvalue weighted by Crippen LogP contribution is 2.43. The first-order chi connectivity index (χ1) is 27.1. The first-order valence-electron chi connectivity index (χ1n) is 21.3. The number of aliphatic carboxylic acids is 1. The molecule has 0 aliphatic carbocycles. The number of carboxylic acids is 1. The Morgan fingerprint density at radius 3 is 1.48 bits per heavy atom. The van der Waals surface area contributed by atoms with E-state index in [9.17, 15) is 23.8 Å². The van der Waals surface area contributed by atoms with E-state index in [1.807, 2.05) is 0 Å². The van der Waals surface area contributed by atoms with Crippen molar-refractivity contribution >= 4 is 25.7 Å². The molecule has 0 bridgehead atoms. The molecule has 0 radical (unpaired) electrons. The standard InChI is InChI=1S/C44H76NO10P/c1-3-5-7-9-11-13-15-17-18-19-20-21-22-24-26-28-30-32-34-36-43(47)55-40(38-53-56(50,51)54-39-41(45)44(48)49)37-52-42(46)35-33-31-29-27-25-23-16-14-12-10-8-6-4-2/h11,13-14,16-18,20-21,24,26,40-41H,3-10,12,15,19,22-23,25,27-39,45H2,1-2H3,(H,48,49)(H,50,51)/b13-11-,16-14-,18-17-,21-20-,26-24-/t40-,41+/m1/s1. The number of carbonyl (C=O) groups is 3. The Morgan fingerprint density at radius 2 is 0.946 bits per heavy atom. The second-order valence-corrected chi connectivity index (χ2v) is 15.6. The summed E-state index contributed by atoms with van der Waals surface area (Å²) in [6.45, 7) is 2.70. The van der Waals surface area contributed by atoms with E-state index in [1.54, 1.807) is 0 Å². The van der Waals surface area contributed by atoms with Crippen molar-refractivity contribution in [3.8, 4) is 0 Å². The number of hydrogen-bond acceptors (Lipinski definition) is 9. The van der Waals surface area contributed by atoms with E-state index >= 15 is 0 Å². The number of nitrogens with two attached hydrogens (primary N) is 1. The predicted molar refractivity (Wildman–Crippen MR) is 226 cm³/mol. The molecule has 0 heterocycles. The van der Waals surface area contributed by atoms with E-state index in [0.29, 0.717) is 12.8 Å². The van der Waals surface area contributed by atoms with Gasteiger partial charge >= 0.3 is 25.7 Å². The second-order valence-electron chi connectivity index (χ2n) is 14.1. The van der Waals surface area contributed by atoms with Gasteiger partial charge in [-0.3, -0.25) is 23.4 Å². The topological polar surface area (TPSA) is 172 Å². The maximum atomic E-state index is 12.6. The molecule has 0 saturated carbocycles. The lowest BCUT2D eigenvalue weighted by atomic mass is 10.1. The van der Waals surface area contributed by atoms with Gasteiger partial charge in [0, 0.05) is 12.8 Å². The molecule has 0 amide bonds. The maximum Gasteiger partial charge on any atom is 0.472 e. The van der Waals surface area contributed by atoms with Crippen LogP contribution >= 0.6 is 7.82 Å². The summed E-state index contributed by atoms with van der Waals surface area (Å²) < 4.78 is 32.6. The fraction of sp³-hybridized carbons (Fsp3) is 0.705. The lowest BCUT2D eigenvalue weighted by molar-refractivity contribution is -0.161. The summed E-state index contributed by atoms with van der Waals surface area (Å²) in [6.07, 6.45) is 44.3. The maximum absolute atomic E-state index is 12.6. The van der Waals surface area contributed by atoms with Crippen LogP contribution < -0.4 is 5.73 Å². The van der Waals surface area contributed by atoms with Gasteiger partial charge in [0.25, 0.3) is 0 Å². The number of esters is 2. The lowest BCUT2D eigenvalue weighted by Gasteiger charge is -2.20. The first-order valence-corrected chi connectivity index (χ1v) is 22.8. The molecule has 0 spiro atoms. The van der Waals surface area contributed by atoms with Crippen molar-refractivity contribution < 1.29 is 47.5 Å². The molecule has 12 heteroatoms. The number of phosphoric ester groups is 1. The first kappa shape index (κ1) is 53.2. The van der Waals surface area contributed by atoms with Crippen LogP contribution in [0.15, 0.2) is 60.8 Å². The molecule has 0 fully saturated rings. The third kappa shape index (κ3) is 38.1. The molecule has 0 aliphatic rings. The van der Waals surface area contributed by atoms with E-state index in [-0.39, 0.29) is 19.4 Å². The van der Waals surface area contributed by atoms with Crippen molar-refractivity contribution in [2.75, 3.05) is 19.8 Å². The van der Waals surface area contributed by atoms with Gasteiger partial charge in [-0.1, -0.05) is 132 Å². The zero-order valence-electron chi connectivity index (χ0n) is 34.7. The van der Waals surface area contributed by atoms with Gasteiger partial charge in [0.1, 0.15) is 12.6 Å². The van der Waals surface area contributed by atoms with Gasteiger partial charge in [-0.15, -0.1) is 0 Å². The molecule has 56 heavy (non-hydrogen) atoms. The SMILES string of the molecule is CCCCC/C=C\C/C=C\C/C=C\C/C=C\CCCCCC(=O)O[C@H](COC(=O)CCCCCCC/C=C\CCCCCC)COP(=O)(O)OC[C@H](N)C(=O)O. The Bertz CT molecular complexity index is 1180. The molecule has 3 atom stereocenters. The molecule has 0 saturated heterocycles. The zero-order chi connectivity index (χ0) is 41.4. The largest absolute Gasteiger partial charge is 0.480 e. The minimum Gasteiger partial charge on any atom is -0.480 e. The van der Waals surface area contributed by atoms with Gasteiger partial charge in [-0.25, -0.2) is 4.57 Å². The number of phosphoric acid groups is 1. The molecule has 11 nitrogen and oxygen atoms in total. The summed E-state index contributed by atoms with van der Waals surface area (Å²) in [7, 11) is -4.73. The molecular weight excluding hydrogens is 733 g/mol. The molecule has 0 aromatic heterocycles. The number of rotatable bonds is 39. The van der Waals surface area contributed by atoms with Crippen LogP contribution in [0.4, 0.5) is 0 Å². The zero-order valence-corrected chi connectivity index (χ0v) is 35.6. The average molecular weight is 810 g/mol. The Morgan fingerprint density at radius 1 is 0.554 bits per heavy atom. The van der Waals surface area contributed by atoms with Crippen LogP contribution in [0.5, 0.6) is 0 Å². The summed E-state index contributed by atoms with van der Waals surface area (Å²) in [5, 5.41) is 8.88. The van der Waals surface area contributed by atoms with Crippen LogP contribution in [0.25, 0.3) is 0 Å². The van der Waals surface area contributed by atoms with Crippen molar-refractivity contribution in [1.82, 2.24) is 0 Å². The molecule has 0 aromatic rings. The predicted octanol–water partition coefficient (Wildman–Crippen LogP) is 11.2. The molecule has 4 N–H and O–H groups in total. The highest BCUT2D eigenvalue weighted by Gasteiger charge is 2.28. The molecule has 0 rings (SSSR count). The van der Waals surface area contributed by atoms with Gasteiger partial charge in [-0.2, -0.15) is 0 Å². The highest BCUT2D eigenvalue weighted by molar-refractivity contribution is 7.47.